The molecular weight excluding hydrogens is 366 g/mol. The van der Waals surface area contributed by atoms with E-state index in [1.165, 1.54) is 5.56 Å². The highest BCUT2D eigenvalue weighted by Gasteiger charge is 2.22. The van der Waals surface area contributed by atoms with E-state index in [1.54, 1.807) is 0 Å². The van der Waals surface area contributed by atoms with Crippen LogP contribution in [0.2, 0.25) is 0 Å². The van der Waals surface area contributed by atoms with Gasteiger partial charge in [-0.15, -0.1) is 0 Å². The lowest BCUT2D eigenvalue weighted by atomic mass is 9.90. The quantitative estimate of drug-likeness (QED) is 0.387. The number of ether oxygens (including phenoxy) is 1. The molecule has 0 bridgehead atoms. The molecule has 0 aromatic heterocycles. The van der Waals surface area contributed by atoms with Crippen LogP contribution in [-0.2, 0) is 16.0 Å². The summed E-state index contributed by atoms with van der Waals surface area (Å²) >= 11 is 0. The Morgan fingerprint density at radius 3 is 2.59 bits per heavy atom. The van der Waals surface area contributed by atoms with Crippen molar-refractivity contribution >= 4 is 11.9 Å². The third-order valence-electron chi connectivity index (χ3n) is 5.78. The molecule has 0 atom stereocenters. The zero-order valence-corrected chi connectivity index (χ0v) is 17.4. The van der Waals surface area contributed by atoms with E-state index in [-0.39, 0.29) is 12.5 Å². The summed E-state index contributed by atoms with van der Waals surface area (Å²) < 4.78 is 5.35. The summed E-state index contributed by atoms with van der Waals surface area (Å²) in [4.78, 5) is 21.0. The monoisotopic (exact) mass is 401 g/mol. The fraction of sp³-hybridized carbons (Fsp3) is 0.636. The van der Waals surface area contributed by atoms with E-state index in [2.05, 4.69) is 45.5 Å². The smallest absolute Gasteiger partial charge is 0.244 e. The van der Waals surface area contributed by atoms with Crippen molar-refractivity contribution in [3.05, 3.63) is 35.9 Å². The van der Waals surface area contributed by atoms with E-state index in [0.29, 0.717) is 11.9 Å². The van der Waals surface area contributed by atoms with Gasteiger partial charge in [0.2, 0.25) is 5.91 Å². The standard InChI is InChI=1S/C22H35N5O2/c23-22(24-9-4-10-26-13-15-29-16-14-26)25-18-21(28)27-11-7-20(8-12-27)17-19-5-2-1-3-6-19/h1-3,5-6,20H,4,7-18H2,(H3,23,24,25). The summed E-state index contributed by atoms with van der Waals surface area (Å²) in [5, 5.41) is 3.11. The molecule has 1 amide bonds. The Morgan fingerprint density at radius 1 is 1.14 bits per heavy atom. The average Bonchev–Trinajstić information content (AvgIpc) is 2.77. The first-order chi connectivity index (χ1) is 14.2. The van der Waals surface area contributed by atoms with Crippen LogP contribution in [0.4, 0.5) is 0 Å². The number of nitrogens with two attached hydrogens (primary N) is 1. The van der Waals surface area contributed by atoms with Crippen molar-refractivity contribution in [3.8, 4) is 0 Å². The molecule has 1 aromatic carbocycles. The van der Waals surface area contributed by atoms with E-state index in [0.717, 1.165) is 78.2 Å². The maximum Gasteiger partial charge on any atom is 0.244 e. The van der Waals surface area contributed by atoms with Gasteiger partial charge in [-0.2, -0.15) is 0 Å². The SMILES string of the molecule is NC(=NCC(=O)N1CCC(Cc2ccccc2)CC1)NCCCN1CCOCC1. The van der Waals surface area contributed by atoms with Crippen LogP contribution in [0.15, 0.2) is 35.3 Å². The molecule has 2 aliphatic heterocycles. The molecule has 3 rings (SSSR count). The minimum atomic E-state index is 0.0706. The Morgan fingerprint density at radius 2 is 1.86 bits per heavy atom. The number of carbonyl (C=O) groups excluding carboxylic acids is 1. The normalized spacial score (nSPS) is 19.3. The van der Waals surface area contributed by atoms with Gasteiger partial charge >= 0.3 is 0 Å². The molecule has 2 aliphatic rings. The number of hydrogen-bond donors (Lipinski definition) is 2. The topological polar surface area (TPSA) is 83.2 Å². The van der Waals surface area contributed by atoms with E-state index >= 15 is 0 Å². The van der Waals surface area contributed by atoms with Gasteiger partial charge in [-0.25, -0.2) is 4.99 Å². The number of likely N-dealkylation sites (tertiary alicyclic amines) is 1. The Labute approximate surface area is 174 Å². The third kappa shape index (κ3) is 7.66. The van der Waals surface area contributed by atoms with Gasteiger partial charge < -0.3 is 20.7 Å². The Bertz CT molecular complexity index is 638. The van der Waals surface area contributed by atoms with Crippen molar-refractivity contribution in [3.63, 3.8) is 0 Å². The van der Waals surface area contributed by atoms with Crippen LogP contribution in [0.5, 0.6) is 0 Å². The van der Waals surface area contributed by atoms with Gasteiger partial charge in [0.15, 0.2) is 5.96 Å². The molecule has 7 nitrogen and oxygen atoms in total. The molecule has 2 fully saturated rings. The minimum absolute atomic E-state index is 0.0706. The van der Waals surface area contributed by atoms with E-state index in [9.17, 15) is 4.79 Å². The van der Waals surface area contributed by atoms with Crippen LogP contribution >= 0.6 is 0 Å². The van der Waals surface area contributed by atoms with Crippen LogP contribution in [0, 0.1) is 5.92 Å². The molecule has 1 aromatic rings. The first-order valence-electron chi connectivity index (χ1n) is 10.9. The predicted molar refractivity (Wildman–Crippen MR) is 116 cm³/mol. The van der Waals surface area contributed by atoms with Gasteiger partial charge in [-0.05, 0) is 43.7 Å². The molecule has 0 saturated carbocycles. The number of amides is 1. The second-order valence-electron chi connectivity index (χ2n) is 7.95. The lowest BCUT2D eigenvalue weighted by molar-refractivity contribution is -0.130. The molecule has 2 saturated heterocycles. The number of nitrogens with zero attached hydrogens (tertiary/aromatic N) is 3. The van der Waals surface area contributed by atoms with Crippen molar-refractivity contribution in [2.24, 2.45) is 16.6 Å². The van der Waals surface area contributed by atoms with Gasteiger partial charge in [0.1, 0.15) is 6.54 Å². The number of aliphatic imine (C=N–C) groups is 1. The summed E-state index contributed by atoms with van der Waals surface area (Å²) in [5.41, 5.74) is 7.30. The molecule has 0 spiro atoms. The summed E-state index contributed by atoms with van der Waals surface area (Å²) in [5.74, 6) is 1.09. The van der Waals surface area contributed by atoms with Crippen LogP contribution in [0.3, 0.4) is 0 Å². The van der Waals surface area contributed by atoms with Crippen LogP contribution in [-0.4, -0.2) is 80.7 Å². The summed E-state index contributed by atoms with van der Waals surface area (Å²) in [6.07, 6.45) is 4.21. The second-order valence-corrected chi connectivity index (χ2v) is 7.95. The molecule has 2 heterocycles. The maximum atomic E-state index is 12.4. The van der Waals surface area contributed by atoms with Crippen LogP contribution < -0.4 is 11.1 Å². The van der Waals surface area contributed by atoms with Gasteiger partial charge in [0.05, 0.1) is 13.2 Å². The number of morpholine rings is 1. The molecule has 0 aliphatic carbocycles. The Kier molecular flexibility index (Phi) is 8.77. The van der Waals surface area contributed by atoms with E-state index < -0.39 is 0 Å². The van der Waals surface area contributed by atoms with Gasteiger partial charge in [-0.3, -0.25) is 9.69 Å². The number of hydrogen-bond acceptors (Lipinski definition) is 4. The summed E-state index contributed by atoms with van der Waals surface area (Å²) in [7, 11) is 0. The van der Waals surface area contributed by atoms with Crippen molar-refractivity contribution in [2.45, 2.75) is 25.7 Å². The molecule has 29 heavy (non-hydrogen) atoms. The van der Waals surface area contributed by atoms with Crippen LogP contribution in [0.25, 0.3) is 0 Å². The first-order valence-corrected chi connectivity index (χ1v) is 10.9. The van der Waals surface area contributed by atoms with Crippen molar-refractivity contribution in [1.29, 1.82) is 0 Å². The van der Waals surface area contributed by atoms with Gasteiger partial charge in [0.25, 0.3) is 0 Å². The fourth-order valence-electron chi connectivity index (χ4n) is 3.99. The lowest BCUT2D eigenvalue weighted by Crippen LogP contribution is -2.41. The number of guanidine groups is 1. The highest BCUT2D eigenvalue weighted by Crippen LogP contribution is 2.21. The number of piperidine rings is 1. The zero-order chi connectivity index (χ0) is 20.3. The summed E-state index contributed by atoms with van der Waals surface area (Å²) in [6, 6.07) is 10.6. The average molecular weight is 402 g/mol. The number of carbonyl (C=O) groups is 1. The van der Waals surface area contributed by atoms with Crippen molar-refractivity contribution in [2.75, 3.05) is 59.0 Å². The maximum absolute atomic E-state index is 12.4. The Balaban J connectivity index is 1.28. The van der Waals surface area contributed by atoms with E-state index in [1.807, 2.05) is 4.90 Å². The molecule has 0 radical (unpaired) electrons. The Hall–Kier alpha value is -2.12. The van der Waals surface area contributed by atoms with Gasteiger partial charge in [-0.1, -0.05) is 30.3 Å². The largest absolute Gasteiger partial charge is 0.379 e. The third-order valence-corrected chi connectivity index (χ3v) is 5.78. The number of benzene rings is 1. The van der Waals surface area contributed by atoms with Crippen molar-refractivity contribution in [1.82, 2.24) is 15.1 Å². The lowest BCUT2D eigenvalue weighted by Gasteiger charge is -2.31. The van der Waals surface area contributed by atoms with Crippen LogP contribution in [0.1, 0.15) is 24.8 Å². The molecule has 7 heteroatoms. The first kappa shape index (κ1) is 21.6. The number of nitrogens with one attached hydrogen (secondary N) is 1. The highest BCUT2D eigenvalue weighted by atomic mass is 16.5. The second kappa shape index (κ2) is 11.8. The molecule has 160 valence electrons. The van der Waals surface area contributed by atoms with E-state index in [4.69, 9.17) is 10.5 Å². The highest BCUT2D eigenvalue weighted by molar-refractivity contribution is 5.84. The molecule has 0 unspecified atom stereocenters. The van der Waals surface area contributed by atoms with Gasteiger partial charge in [0, 0.05) is 32.7 Å². The minimum Gasteiger partial charge on any atom is -0.379 e. The predicted octanol–water partition coefficient (Wildman–Crippen LogP) is 1.09. The summed E-state index contributed by atoms with van der Waals surface area (Å²) in [6.45, 7) is 7.21. The zero-order valence-electron chi connectivity index (χ0n) is 17.4. The van der Waals surface area contributed by atoms with Crippen molar-refractivity contribution < 1.29 is 9.53 Å². The molecular formula is C22H35N5O2. The number of rotatable bonds is 8. The fourth-order valence-corrected chi connectivity index (χ4v) is 3.99. The molecule has 3 N–H and O–H groups in total.